The second kappa shape index (κ2) is 5.47. The maximum absolute atomic E-state index is 11.4. The van der Waals surface area contributed by atoms with Crippen molar-refractivity contribution < 1.29 is 4.79 Å². The molecule has 0 aliphatic heterocycles. The molecular weight excluding hydrogens is 240 g/mol. The Morgan fingerprint density at radius 2 is 2.16 bits per heavy atom. The minimum atomic E-state index is -0.501. The summed E-state index contributed by atoms with van der Waals surface area (Å²) in [7, 11) is 0. The van der Waals surface area contributed by atoms with E-state index in [1.165, 1.54) is 25.7 Å². The number of rotatable bonds is 5. The van der Waals surface area contributed by atoms with Crippen LogP contribution in [-0.4, -0.2) is 17.4 Å². The smallest absolute Gasteiger partial charge is 0.252 e. The first kappa shape index (κ1) is 13.6. The SMILES string of the molecule is CCC1(CNc2ncc(N)cc2C(N)=O)CCCC1. The quantitative estimate of drug-likeness (QED) is 0.757. The number of nitrogens with two attached hydrogens (primary N) is 2. The van der Waals surface area contributed by atoms with Crippen LogP contribution in [0.5, 0.6) is 0 Å². The molecule has 1 amide bonds. The van der Waals surface area contributed by atoms with Gasteiger partial charge in [0.15, 0.2) is 0 Å². The lowest BCUT2D eigenvalue weighted by molar-refractivity contribution is 0.100. The largest absolute Gasteiger partial charge is 0.397 e. The van der Waals surface area contributed by atoms with Crippen molar-refractivity contribution in [1.82, 2.24) is 4.98 Å². The summed E-state index contributed by atoms with van der Waals surface area (Å²) in [6.45, 7) is 3.05. The Morgan fingerprint density at radius 3 is 2.74 bits per heavy atom. The van der Waals surface area contributed by atoms with Gasteiger partial charge in [0, 0.05) is 6.54 Å². The van der Waals surface area contributed by atoms with Crippen molar-refractivity contribution in [1.29, 1.82) is 0 Å². The highest BCUT2D eigenvalue weighted by atomic mass is 16.1. The van der Waals surface area contributed by atoms with Gasteiger partial charge in [-0.1, -0.05) is 19.8 Å². The standard InChI is InChI=1S/C14H22N4O/c1-2-14(5-3-4-6-14)9-18-13-11(12(16)19)7-10(15)8-17-13/h7-8H,2-6,9,15H2,1H3,(H2,16,19)(H,17,18). The van der Waals surface area contributed by atoms with Crippen molar-refractivity contribution in [3.8, 4) is 0 Å². The third kappa shape index (κ3) is 2.97. The molecular formula is C14H22N4O. The molecule has 1 aromatic heterocycles. The highest BCUT2D eigenvalue weighted by Gasteiger charge is 2.32. The number of nitrogens with one attached hydrogen (secondary N) is 1. The molecule has 0 unspecified atom stereocenters. The lowest BCUT2D eigenvalue weighted by Gasteiger charge is -2.28. The van der Waals surface area contributed by atoms with Gasteiger partial charge in [-0.2, -0.15) is 0 Å². The Kier molecular flexibility index (Phi) is 3.93. The number of pyridine rings is 1. The van der Waals surface area contributed by atoms with Crippen molar-refractivity contribution in [2.24, 2.45) is 11.1 Å². The molecule has 104 valence electrons. The monoisotopic (exact) mass is 262 g/mol. The van der Waals surface area contributed by atoms with Crippen LogP contribution in [0.2, 0.25) is 0 Å². The number of anilines is 2. The van der Waals surface area contributed by atoms with E-state index in [0.717, 1.165) is 13.0 Å². The first-order valence-corrected chi connectivity index (χ1v) is 6.85. The Hall–Kier alpha value is -1.78. The van der Waals surface area contributed by atoms with Crippen molar-refractivity contribution in [3.05, 3.63) is 17.8 Å². The van der Waals surface area contributed by atoms with Crippen LogP contribution in [0.25, 0.3) is 0 Å². The van der Waals surface area contributed by atoms with Gasteiger partial charge in [0.05, 0.1) is 17.4 Å². The van der Waals surface area contributed by atoms with Gasteiger partial charge in [-0.05, 0) is 30.7 Å². The number of primary amides is 1. The lowest BCUT2D eigenvalue weighted by Crippen LogP contribution is -2.27. The van der Waals surface area contributed by atoms with Crippen LogP contribution in [0.15, 0.2) is 12.3 Å². The fourth-order valence-electron chi connectivity index (χ4n) is 2.86. The Morgan fingerprint density at radius 1 is 1.47 bits per heavy atom. The molecule has 19 heavy (non-hydrogen) atoms. The number of nitrogens with zero attached hydrogens (tertiary/aromatic N) is 1. The molecule has 0 bridgehead atoms. The molecule has 1 fully saturated rings. The van der Waals surface area contributed by atoms with Gasteiger partial charge >= 0.3 is 0 Å². The van der Waals surface area contributed by atoms with Gasteiger partial charge in [-0.15, -0.1) is 0 Å². The topological polar surface area (TPSA) is 94.0 Å². The van der Waals surface area contributed by atoms with E-state index in [0.29, 0.717) is 22.5 Å². The molecule has 1 aromatic rings. The number of amides is 1. The van der Waals surface area contributed by atoms with Gasteiger partial charge in [0.25, 0.3) is 5.91 Å². The third-order valence-corrected chi connectivity index (χ3v) is 4.22. The Balaban J connectivity index is 2.13. The first-order valence-electron chi connectivity index (χ1n) is 6.85. The van der Waals surface area contributed by atoms with E-state index in [-0.39, 0.29) is 0 Å². The van der Waals surface area contributed by atoms with E-state index >= 15 is 0 Å². The van der Waals surface area contributed by atoms with Gasteiger partial charge in [-0.25, -0.2) is 4.98 Å². The molecule has 2 rings (SSSR count). The van der Waals surface area contributed by atoms with Crippen molar-refractivity contribution in [2.45, 2.75) is 39.0 Å². The summed E-state index contributed by atoms with van der Waals surface area (Å²) in [5.41, 5.74) is 12.1. The van der Waals surface area contributed by atoms with E-state index in [2.05, 4.69) is 17.2 Å². The zero-order chi connectivity index (χ0) is 13.9. The van der Waals surface area contributed by atoms with Gasteiger partial charge in [0.1, 0.15) is 5.82 Å². The van der Waals surface area contributed by atoms with Gasteiger partial charge < -0.3 is 16.8 Å². The molecule has 5 N–H and O–H groups in total. The summed E-state index contributed by atoms with van der Waals surface area (Å²) in [5.74, 6) is 0.0423. The molecule has 5 nitrogen and oxygen atoms in total. The van der Waals surface area contributed by atoms with Crippen LogP contribution in [0, 0.1) is 5.41 Å². The minimum Gasteiger partial charge on any atom is -0.397 e. The maximum atomic E-state index is 11.4. The molecule has 0 atom stereocenters. The summed E-state index contributed by atoms with van der Waals surface area (Å²) >= 11 is 0. The van der Waals surface area contributed by atoms with Crippen LogP contribution >= 0.6 is 0 Å². The molecule has 0 saturated heterocycles. The molecule has 0 aromatic carbocycles. The maximum Gasteiger partial charge on any atom is 0.252 e. The van der Waals surface area contributed by atoms with Crippen molar-refractivity contribution in [3.63, 3.8) is 0 Å². The summed E-state index contributed by atoms with van der Waals surface area (Å²) < 4.78 is 0. The summed E-state index contributed by atoms with van der Waals surface area (Å²) in [5, 5.41) is 3.29. The number of aromatic nitrogens is 1. The zero-order valence-corrected chi connectivity index (χ0v) is 11.4. The second-order valence-electron chi connectivity index (χ2n) is 5.44. The predicted molar refractivity (Wildman–Crippen MR) is 76.8 cm³/mol. The van der Waals surface area contributed by atoms with Crippen molar-refractivity contribution >= 4 is 17.4 Å². The van der Waals surface area contributed by atoms with Crippen LogP contribution in [0.4, 0.5) is 11.5 Å². The number of hydrogen-bond donors (Lipinski definition) is 3. The van der Waals surface area contributed by atoms with Gasteiger partial charge in [-0.3, -0.25) is 4.79 Å². The normalized spacial score (nSPS) is 17.3. The van der Waals surface area contributed by atoms with Crippen LogP contribution in [0.1, 0.15) is 49.4 Å². The first-order chi connectivity index (χ1) is 9.06. The molecule has 1 heterocycles. The predicted octanol–water partition coefficient (Wildman–Crippen LogP) is 2.14. The van der Waals surface area contributed by atoms with Crippen LogP contribution in [-0.2, 0) is 0 Å². The fourth-order valence-corrected chi connectivity index (χ4v) is 2.86. The Labute approximate surface area is 113 Å². The van der Waals surface area contributed by atoms with E-state index in [1.807, 2.05) is 0 Å². The summed E-state index contributed by atoms with van der Waals surface area (Å²) in [6, 6.07) is 1.57. The molecule has 1 aliphatic rings. The number of carbonyl (C=O) groups is 1. The number of hydrogen-bond acceptors (Lipinski definition) is 4. The number of nitrogen functional groups attached to an aromatic ring is 1. The summed E-state index contributed by atoms with van der Waals surface area (Å²) in [4.78, 5) is 15.6. The van der Waals surface area contributed by atoms with Crippen LogP contribution < -0.4 is 16.8 Å². The average Bonchev–Trinajstić information content (AvgIpc) is 2.86. The third-order valence-electron chi connectivity index (χ3n) is 4.22. The molecule has 1 saturated carbocycles. The van der Waals surface area contributed by atoms with E-state index in [9.17, 15) is 4.79 Å². The molecule has 0 spiro atoms. The summed E-state index contributed by atoms with van der Waals surface area (Å²) in [6.07, 6.45) is 7.72. The van der Waals surface area contributed by atoms with Crippen molar-refractivity contribution in [2.75, 3.05) is 17.6 Å². The highest BCUT2D eigenvalue weighted by Crippen LogP contribution is 2.40. The molecule has 1 aliphatic carbocycles. The number of carbonyl (C=O) groups excluding carboxylic acids is 1. The van der Waals surface area contributed by atoms with E-state index < -0.39 is 5.91 Å². The zero-order valence-electron chi connectivity index (χ0n) is 11.4. The van der Waals surface area contributed by atoms with Crippen LogP contribution in [0.3, 0.4) is 0 Å². The fraction of sp³-hybridized carbons (Fsp3) is 0.571. The lowest BCUT2D eigenvalue weighted by atomic mass is 9.83. The molecule has 0 radical (unpaired) electrons. The van der Waals surface area contributed by atoms with E-state index in [1.54, 1.807) is 12.3 Å². The Bertz CT molecular complexity index is 467. The molecule has 5 heteroatoms. The minimum absolute atomic E-state index is 0.331. The highest BCUT2D eigenvalue weighted by molar-refractivity contribution is 5.98. The van der Waals surface area contributed by atoms with Gasteiger partial charge in [0.2, 0.25) is 0 Å². The average molecular weight is 262 g/mol. The van der Waals surface area contributed by atoms with E-state index in [4.69, 9.17) is 11.5 Å². The second-order valence-corrected chi connectivity index (χ2v) is 5.44.